The number of hydrogen-bond acceptors (Lipinski definition) is 5. The number of pyridine rings is 1. The van der Waals surface area contributed by atoms with Gasteiger partial charge < -0.3 is 4.74 Å². The van der Waals surface area contributed by atoms with Gasteiger partial charge in [0.25, 0.3) is 0 Å². The third-order valence-corrected chi connectivity index (χ3v) is 3.28. The summed E-state index contributed by atoms with van der Waals surface area (Å²) >= 11 is 11.6. The first kappa shape index (κ1) is 15.2. The Labute approximate surface area is 129 Å². The maximum absolute atomic E-state index is 11.3. The molecule has 6 nitrogen and oxygen atoms in total. The van der Waals surface area contributed by atoms with E-state index in [1.165, 1.54) is 31.3 Å². The number of halogens is 2. The van der Waals surface area contributed by atoms with E-state index in [0.717, 1.165) is 6.07 Å². The van der Waals surface area contributed by atoms with Crippen molar-refractivity contribution in [3.05, 3.63) is 56.2 Å². The van der Waals surface area contributed by atoms with Crippen LogP contribution in [-0.4, -0.2) is 15.7 Å². The number of rotatable bonds is 4. The first-order valence-electron chi connectivity index (χ1n) is 5.66. The highest BCUT2D eigenvalue weighted by atomic mass is 35.5. The lowest BCUT2D eigenvalue weighted by Gasteiger charge is -2.07. The molecular weight excluding hydrogens is 319 g/mol. The molecule has 0 aliphatic rings. The van der Waals surface area contributed by atoms with Crippen molar-refractivity contribution in [3.8, 4) is 11.6 Å². The number of Topliss-reactive ketones (excluding diaryl/α,β-unsaturated/α-hetero) is 1. The first-order chi connectivity index (χ1) is 9.88. The van der Waals surface area contributed by atoms with Gasteiger partial charge in [-0.2, -0.15) is 0 Å². The molecule has 0 saturated heterocycles. The van der Waals surface area contributed by atoms with Crippen LogP contribution < -0.4 is 4.74 Å². The zero-order chi connectivity index (χ0) is 15.6. The van der Waals surface area contributed by atoms with Crippen LogP contribution in [0.3, 0.4) is 0 Å². The lowest BCUT2D eigenvalue weighted by Crippen LogP contribution is -1.97. The van der Waals surface area contributed by atoms with Crippen molar-refractivity contribution in [1.29, 1.82) is 0 Å². The number of carbonyl (C=O) groups is 1. The summed E-state index contributed by atoms with van der Waals surface area (Å²) in [5.41, 5.74) is 0.0298. The van der Waals surface area contributed by atoms with E-state index in [2.05, 4.69) is 4.98 Å². The lowest BCUT2D eigenvalue weighted by molar-refractivity contribution is -0.385. The van der Waals surface area contributed by atoms with Gasteiger partial charge in [-0.3, -0.25) is 14.9 Å². The summed E-state index contributed by atoms with van der Waals surface area (Å²) in [4.78, 5) is 25.5. The number of ether oxygens (including phenoxy) is 1. The molecule has 0 amide bonds. The zero-order valence-electron chi connectivity index (χ0n) is 10.7. The molecule has 0 saturated carbocycles. The fourth-order valence-corrected chi connectivity index (χ4v) is 1.85. The van der Waals surface area contributed by atoms with Crippen LogP contribution in [0.25, 0.3) is 0 Å². The van der Waals surface area contributed by atoms with Gasteiger partial charge in [0, 0.05) is 30.0 Å². The summed E-state index contributed by atoms with van der Waals surface area (Å²) in [6, 6.07) is 5.21. The van der Waals surface area contributed by atoms with E-state index in [1.807, 2.05) is 0 Å². The van der Waals surface area contributed by atoms with Crippen molar-refractivity contribution in [2.45, 2.75) is 6.92 Å². The van der Waals surface area contributed by atoms with E-state index in [4.69, 9.17) is 27.9 Å². The predicted octanol–water partition coefficient (Wildman–Crippen LogP) is 4.29. The quantitative estimate of drug-likeness (QED) is 0.475. The van der Waals surface area contributed by atoms with Crippen molar-refractivity contribution in [2.24, 2.45) is 0 Å². The molecular formula is C13H8Cl2N2O4. The van der Waals surface area contributed by atoms with Crippen molar-refractivity contribution in [1.82, 2.24) is 4.98 Å². The fraction of sp³-hybridized carbons (Fsp3) is 0.0769. The second-order valence-corrected chi connectivity index (χ2v) is 4.85. The molecule has 0 N–H and O–H groups in total. The highest BCUT2D eigenvalue weighted by Crippen LogP contribution is 2.37. The van der Waals surface area contributed by atoms with Gasteiger partial charge >= 0.3 is 5.69 Å². The molecule has 0 atom stereocenters. The topological polar surface area (TPSA) is 82.3 Å². The molecule has 21 heavy (non-hydrogen) atoms. The molecule has 8 heteroatoms. The maximum Gasteiger partial charge on any atom is 0.313 e. The molecule has 1 aromatic carbocycles. The van der Waals surface area contributed by atoms with Crippen molar-refractivity contribution >= 4 is 34.7 Å². The second kappa shape index (κ2) is 6.07. The van der Waals surface area contributed by atoms with E-state index >= 15 is 0 Å². The van der Waals surface area contributed by atoms with Crippen molar-refractivity contribution in [2.75, 3.05) is 0 Å². The Morgan fingerprint density at radius 1 is 1.29 bits per heavy atom. The smallest absolute Gasteiger partial charge is 0.313 e. The third kappa shape index (κ3) is 3.48. The Kier molecular flexibility index (Phi) is 4.40. The number of ketones is 1. The SMILES string of the molecule is CC(=O)c1ccnc(Oc2cc(Cl)c(Cl)cc2[N+](=O)[O-])c1. The monoisotopic (exact) mass is 326 g/mol. The van der Waals surface area contributed by atoms with Gasteiger partial charge in [-0.05, 0) is 13.0 Å². The Morgan fingerprint density at radius 3 is 2.57 bits per heavy atom. The summed E-state index contributed by atoms with van der Waals surface area (Å²) < 4.78 is 5.35. The lowest BCUT2D eigenvalue weighted by atomic mass is 10.2. The molecule has 0 spiro atoms. The average Bonchev–Trinajstić information content (AvgIpc) is 2.42. The number of nitro benzene ring substituents is 1. The highest BCUT2D eigenvalue weighted by Gasteiger charge is 2.19. The van der Waals surface area contributed by atoms with Crippen LogP contribution in [0.5, 0.6) is 11.6 Å². The molecule has 0 unspecified atom stereocenters. The van der Waals surface area contributed by atoms with Crippen LogP contribution in [0, 0.1) is 10.1 Å². The van der Waals surface area contributed by atoms with E-state index < -0.39 is 4.92 Å². The summed E-state index contributed by atoms with van der Waals surface area (Å²) in [5.74, 6) is -0.238. The molecule has 0 fully saturated rings. The van der Waals surface area contributed by atoms with Gasteiger partial charge in [-0.25, -0.2) is 4.98 Å². The Balaban J connectivity index is 2.43. The molecule has 2 aromatic rings. The number of hydrogen-bond donors (Lipinski definition) is 0. The third-order valence-electron chi connectivity index (χ3n) is 2.55. The molecule has 0 aliphatic carbocycles. The van der Waals surface area contributed by atoms with Crippen LogP contribution in [0.15, 0.2) is 30.5 Å². The number of benzene rings is 1. The Morgan fingerprint density at radius 2 is 1.95 bits per heavy atom. The number of nitro groups is 1. The van der Waals surface area contributed by atoms with E-state index in [9.17, 15) is 14.9 Å². The Hall–Kier alpha value is -2.18. The predicted molar refractivity (Wildman–Crippen MR) is 77.4 cm³/mol. The van der Waals surface area contributed by atoms with Gasteiger partial charge in [0.2, 0.25) is 11.6 Å². The van der Waals surface area contributed by atoms with Gasteiger partial charge in [-0.15, -0.1) is 0 Å². The standard InChI is InChI=1S/C13H8Cl2N2O4/c1-7(18)8-2-3-16-13(4-8)21-12-6-10(15)9(14)5-11(12)17(19)20/h2-6H,1H3. The normalized spacial score (nSPS) is 10.2. The fourth-order valence-electron chi connectivity index (χ4n) is 1.54. The van der Waals surface area contributed by atoms with Crippen LogP contribution >= 0.6 is 23.2 Å². The zero-order valence-corrected chi connectivity index (χ0v) is 12.2. The van der Waals surface area contributed by atoms with Crippen LogP contribution in [0.4, 0.5) is 5.69 Å². The number of nitrogens with zero attached hydrogens (tertiary/aromatic N) is 2. The molecule has 0 bridgehead atoms. The summed E-state index contributed by atoms with van der Waals surface area (Å²) in [6.07, 6.45) is 1.37. The van der Waals surface area contributed by atoms with E-state index in [-0.39, 0.29) is 33.1 Å². The molecule has 0 aliphatic heterocycles. The van der Waals surface area contributed by atoms with Crippen molar-refractivity contribution in [3.63, 3.8) is 0 Å². The maximum atomic E-state index is 11.3. The minimum atomic E-state index is -0.646. The molecule has 0 radical (unpaired) electrons. The van der Waals surface area contributed by atoms with Crippen molar-refractivity contribution < 1.29 is 14.5 Å². The van der Waals surface area contributed by atoms with Gasteiger partial charge in [0.15, 0.2) is 5.78 Å². The van der Waals surface area contributed by atoms with Crippen LogP contribution in [0.1, 0.15) is 17.3 Å². The summed E-state index contributed by atoms with van der Waals surface area (Å²) in [6.45, 7) is 1.39. The minimum Gasteiger partial charge on any atom is -0.432 e. The average molecular weight is 327 g/mol. The van der Waals surface area contributed by atoms with Crippen LogP contribution in [0.2, 0.25) is 10.0 Å². The first-order valence-corrected chi connectivity index (χ1v) is 6.42. The number of aromatic nitrogens is 1. The molecule has 108 valence electrons. The van der Waals surface area contributed by atoms with Gasteiger partial charge in [0.1, 0.15) is 0 Å². The number of carbonyl (C=O) groups excluding carboxylic acids is 1. The van der Waals surface area contributed by atoms with Gasteiger partial charge in [-0.1, -0.05) is 23.2 Å². The Bertz CT molecular complexity index is 734. The van der Waals surface area contributed by atoms with E-state index in [0.29, 0.717) is 5.56 Å². The summed E-state index contributed by atoms with van der Waals surface area (Å²) in [5, 5.41) is 11.2. The van der Waals surface area contributed by atoms with Crippen LogP contribution in [-0.2, 0) is 0 Å². The molecule has 1 aromatic heterocycles. The minimum absolute atomic E-state index is 0.0427. The summed E-state index contributed by atoms with van der Waals surface area (Å²) in [7, 11) is 0. The molecule has 2 rings (SSSR count). The van der Waals surface area contributed by atoms with E-state index in [1.54, 1.807) is 0 Å². The van der Waals surface area contributed by atoms with Gasteiger partial charge in [0.05, 0.1) is 15.0 Å². The highest BCUT2D eigenvalue weighted by molar-refractivity contribution is 6.42. The second-order valence-electron chi connectivity index (χ2n) is 4.03. The molecule has 1 heterocycles. The largest absolute Gasteiger partial charge is 0.432 e.